The van der Waals surface area contributed by atoms with Gasteiger partial charge in [-0.25, -0.2) is 9.78 Å². The molecule has 0 spiro atoms. The van der Waals surface area contributed by atoms with Crippen molar-refractivity contribution >= 4 is 57.8 Å². The van der Waals surface area contributed by atoms with Gasteiger partial charge < -0.3 is 21.0 Å². The van der Waals surface area contributed by atoms with Crippen LogP contribution in [0.15, 0.2) is 52.4 Å². The second-order valence-electron chi connectivity index (χ2n) is 7.09. The van der Waals surface area contributed by atoms with Crippen LogP contribution < -0.4 is 11.1 Å². The molecule has 1 fully saturated rings. The highest BCUT2D eigenvalue weighted by Crippen LogP contribution is 2.40. The topological polar surface area (TPSA) is 160 Å². The Balaban J connectivity index is 1.53. The van der Waals surface area contributed by atoms with Crippen molar-refractivity contribution in [3.05, 3.63) is 58.5 Å². The molecule has 4 heterocycles. The molecule has 2 aliphatic heterocycles. The number of amides is 2. The summed E-state index contributed by atoms with van der Waals surface area (Å²) in [4.78, 5) is 52.1. The second-order valence-corrected chi connectivity index (χ2v) is 9.08. The first-order valence-electron chi connectivity index (χ1n) is 10.1. The molecular formula is C21H20N6O5S2. The Bertz CT molecular complexity index is 1210. The fraction of sp³-hybridized carbons (Fsp3) is 0.238. The smallest absolute Gasteiger partial charge is 0.352 e. The van der Waals surface area contributed by atoms with Crippen LogP contribution in [0.1, 0.15) is 18.2 Å². The molecule has 2 aromatic heterocycles. The second kappa shape index (κ2) is 10.1. The van der Waals surface area contributed by atoms with E-state index in [0.29, 0.717) is 11.3 Å². The number of nitrogens with two attached hydrogens (primary N) is 1. The number of carboxylic acids is 1. The van der Waals surface area contributed by atoms with Gasteiger partial charge >= 0.3 is 5.97 Å². The number of carboxylic acid groups (broad SMARTS) is 1. The number of β-lactam (4-membered cyclic amide) rings is 1. The number of anilines is 1. The first-order chi connectivity index (χ1) is 16.4. The largest absolute Gasteiger partial charge is 0.477 e. The minimum absolute atomic E-state index is 0.102. The molecule has 34 heavy (non-hydrogen) atoms. The van der Waals surface area contributed by atoms with Crippen LogP contribution in [-0.2, 0) is 19.2 Å². The number of nitrogens with one attached hydrogen (secondary N) is 1. The van der Waals surface area contributed by atoms with E-state index in [9.17, 15) is 19.5 Å². The molecular weight excluding hydrogens is 480 g/mol. The monoisotopic (exact) mass is 500 g/mol. The number of fused-ring (bicyclic) bond motifs is 1. The van der Waals surface area contributed by atoms with Gasteiger partial charge in [0.05, 0.1) is 0 Å². The number of aromatic nitrogens is 2. The van der Waals surface area contributed by atoms with E-state index in [1.165, 1.54) is 16.7 Å². The predicted octanol–water partition coefficient (Wildman–Crippen LogP) is 1.31. The number of nitrogen functional groups attached to an aromatic ring is 1. The number of carbonyl (C=O) groups is 3. The van der Waals surface area contributed by atoms with Crippen molar-refractivity contribution in [2.45, 2.75) is 18.3 Å². The minimum atomic E-state index is -1.22. The van der Waals surface area contributed by atoms with E-state index >= 15 is 0 Å². The lowest BCUT2D eigenvalue weighted by atomic mass is 10.0. The summed E-state index contributed by atoms with van der Waals surface area (Å²) < 4.78 is 0. The van der Waals surface area contributed by atoms with E-state index in [1.807, 2.05) is 6.07 Å². The molecule has 2 atom stereocenters. The first kappa shape index (κ1) is 23.4. The lowest BCUT2D eigenvalue weighted by Gasteiger charge is -2.49. The molecule has 0 aromatic carbocycles. The van der Waals surface area contributed by atoms with Crippen molar-refractivity contribution < 1.29 is 24.3 Å². The summed E-state index contributed by atoms with van der Waals surface area (Å²) >= 11 is 2.50. The average molecular weight is 501 g/mol. The first-order valence-corrected chi connectivity index (χ1v) is 12.0. The molecule has 2 aromatic rings. The summed E-state index contributed by atoms with van der Waals surface area (Å²) in [6.07, 6.45) is 6.70. The predicted molar refractivity (Wildman–Crippen MR) is 128 cm³/mol. The van der Waals surface area contributed by atoms with Crippen molar-refractivity contribution in [1.29, 1.82) is 0 Å². The number of thiazole rings is 1. The Hall–Kier alpha value is -3.71. The van der Waals surface area contributed by atoms with Gasteiger partial charge in [0.15, 0.2) is 10.8 Å². The van der Waals surface area contributed by atoms with Crippen molar-refractivity contribution in [2.24, 2.45) is 5.16 Å². The summed E-state index contributed by atoms with van der Waals surface area (Å²) in [5, 5.41) is 17.5. The third kappa shape index (κ3) is 4.65. The Labute approximate surface area is 202 Å². The van der Waals surface area contributed by atoms with Crippen LogP contribution in [-0.4, -0.2) is 67.2 Å². The summed E-state index contributed by atoms with van der Waals surface area (Å²) in [5.41, 5.74) is 6.96. The number of carbonyl (C=O) groups excluding carboxylic acids is 2. The lowest BCUT2D eigenvalue weighted by Crippen LogP contribution is -2.71. The molecule has 13 heteroatoms. The third-order valence-corrected chi connectivity index (χ3v) is 6.89. The fourth-order valence-electron chi connectivity index (χ4n) is 3.38. The van der Waals surface area contributed by atoms with Gasteiger partial charge in [0.1, 0.15) is 29.4 Å². The van der Waals surface area contributed by atoms with E-state index in [4.69, 9.17) is 10.6 Å². The van der Waals surface area contributed by atoms with Gasteiger partial charge in [-0.3, -0.25) is 19.5 Å². The fourth-order valence-corrected chi connectivity index (χ4v) is 5.25. The molecule has 0 saturated carbocycles. The van der Waals surface area contributed by atoms with Gasteiger partial charge in [-0.1, -0.05) is 23.4 Å². The van der Waals surface area contributed by atoms with Gasteiger partial charge in [-0.15, -0.1) is 23.1 Å². The van der Waals surface area contributed by atoms with E-state index in [2.05, 4.69) is 20.4 Å². The molecule has 2 aliphatic rings. The number of aliphatic carboxylic acids is 1. The third-order valence-electron chi connectivity index (χ3n) is 4.91. The summed E-state index contributed by atoms with van der Waals surface area (Å²) in [6.45, 7) is 1.94. The highest BCUT2D eigenvalue weighted by Gasteiger charge is 2.54. The standard InChI is InChI=1S/C21H20N6O5S2/c1-2-32-26-14(13-10-34-21(22)24-13)17(28)25-15-18(29)27-16(20(30)31)12(9-33-19(15)27)6-5-11-4-3-7-23-8-11/h3-8,10,15,19H,2,9H2,1H3,(H2,22,24)(H,25,28)(H,30,31)/b6-5+,26-14-/t15?,19-/m1/s1. The van der Waals surface area contributed by atoms with Crippen LogP contribution in [0.25, 0.3) is 6.08 Å². The Kier molecular flexibility index (Phi) is 6.93. The van der Waals surface area contributed by atoms with Crippen LogP contribution in [0, 0.1) is 0 Å². The maximum Gasteiger partial charge on any atom is 0.352 e. The number of nitrogens with zero attached hydrogens (tertiary/aromatic N) is 4. The highest BCUT2D eigenvalue weighted by molar-refractivity contribution is 8.00. The zero-order chi connectivity index (χ0) is 24.2. The van der Waals surface area contributed by atoms with Gasteiger partial charge in [0.2, 0.25) is 0 Å². The van der Waals surface area contributed by atoms with Crippen LogP contribution in [0.5, 0.6) is 0 Å². The van der Waals surface area contributed by atoms with Crippen molar-refractivity contribution in [3.8, 4) is 0 Å². The molecule has 2 amide bonds. The maximum atomic E-state index is 12.9. The average Bonchev–Trinajstić information content (AvgIpc) is 3.27. The number of hydrogen-bond donors (Lipinski definition) is 3. The molecule has 0 bridgehead atoms. The molecule has 0 radical (unpaired) electrons. The van der Waals surface area contributed by atoms with Crippen molar-refractivity contribution in [1.82, 2.24) is 20.2 Å². The van der Waals surface area contributed by atoms with Crippen molar-refractivity contribution in [2.75, 3.05) is 18.1 Å². The van der Waals surface area contributed by atoms with Gasteiger partial charge in [0.25, 0.3) is 11.8 Å². The number of oxime groups is 1. The number of rotatable bonds is 8. The number of pyridine rings is 1. The molecule has 0 aliphatic carbocycles. The molecule has 1 saturated heterocycles. The highest BCUT2D eigenvalue weighted by atomic mass is 32.2. The van der Waals surface area contributed by atoms with Crippen molar-refractivity contribution in [3.63, 3.8) is 0 Å². The number of hydrogen-bond acceptors (Lipinski definition) is 10. The normalized spacial score (nSPS) is 20.2. The molecule has 176 valence electrons. The Morgan fingerprint density at radius 3 is 2.91 bits per heavy atom. The summed E-state index contributed by atoms with van der Waals surface area (Å²) in [7, 11) is 0. The molecule has 4 rings (SSSR count). The van der Waals surface area contributed by atoms with Crippen LogP contribution in [0.2, 0.25) is 0 Å². The van der Waals surface area contributed by atoms with Crippen LogP contribution in [0.3, 0.4) is 0 Å². The van der Waals surface area contributed by atoms with E-state index in [0.717, 1.165) is 16.9 Å². The maximum absolute atomic E-state index is 12.9. The van der Waals surface area contributed by atoms with E-state index < -0.39 is 29.2 Å². The van der Waals surface area contributed by atoms with Gasteiger partial charge in [-0.05, 0) is 24.1 Å². The Morgan fingerprint density at radius 2 is 2.26 bits per heavy atom. The van der Waals surface area contributed by atoms with Crippen LogP contribution >= 0.6 is 23.1 Å². The quantitative estimate of drug-likeness (QED) is 0.276. The zero-order valence-electron chi connectivity index (χ0n) is 17.9. The van der Waals surface area contributed by atoms with E-state index in [-0.39, 0.29) is 28.8 Å². The van der Waals surface area contributed by atoms with Crippen LogP contribution in [0.4, 0.5) is 5.13 Å². The molecule has 1 unspecified atom stereocenters. The molecule has 4 N–H and O–H groups in total. The van der Waals surface area contributed by atoms with Gasteiger partial charge in [-0.2, -0.15) is 0 Å². The SMILES string of the molecule is CCO/N=C(\C(=O)NC1C(=O)N2C(C(=O)O)=C(/C=C/c3cccnc3)CS[C@H]12)c1csc(N)n1. The Morgan fingerprint density at radius 1 is 1.44 bits per heavy atom. The zero-order valence-corrected chi connectivity index (χ0v) is 19.5. The summed E-state index contributed by atoms with van der Waals surface area (Å²) in [5.74, 6) is -2.06. The van der Waals surface area contributed by atoms with Gasteiger partial charge in [0, 0.05) is 23.5 Å². The molecule has 11 nitrogen and oxygen atoms in total. The number of thioether (sulfide) groups is 1. The lowest BCUT2D eigenvalue weighted by molar-refractivity contribution is -0.150. The summed E-state index contributed by atoms with van der Waals surface area (Å²) in [6, 6.07) is 2.69. The minimum Gasteiger partial charge on any atom is -0.477 e. The van der Waals surface area contributed by atoms with E-state index in [1.54, 1.807) is 42.9 Å². The number of allylic oxidation sites excluding steroid dienone is 1.